The molecule has 0 fully saturated rings. The fourth-order valence-electron chi connectivity index (χ4n) is 2.06. The van der Waals surface area contributed by atoms with E-state index in [9.17, 15) is 9.59 Å². The van der Waals surface area contributed by atoms with Crippen LogP contribution in [0, 0.1) is 0 Å². The van der Waals surface area contributed by atoms with Gasteiger partial charge in [-0.1, -0.05) is 41.9 Å². The molecule has 2 aromatic carbocycles. The van der Waals surface area contributed by atoms with Crippen molar-refractivity contribution < 1.29 is 14.3 Å². The van der Waals surface area contributed by atoms with Crippen LogP contribution >= 0.6 is 11.6 Å². The van der Waals surface area contributed by atoms with Crippen molar-refractivity contribution >= 4 is 35.2 Å². The number of nitrogens with one attached hydrogen (secondary N) is 2. The van der Waals surface area contributed by atoms with Crippen LogP contribution in [-0.4, -0.2) is 25.0 Å². The predicted octanol–water partition coefficient (Wildman–Crippen LogP) is 3.51. The molecule has 0 spiro atoms. The van der Waals surface area contributed by atoms with Gasteiger partial charge in [0.15, 0.2) is 0 Å². The Morgan fingerprint density at radius 3 is 2.52 bits per heavy atom. The van der Waals surface area contributed by atoms with Crippen LogP contribution in [0.3, 0.4) is 0 Å². The molecule has 130 valence electrons. The minimum atomic E-state index is -0.700. The second kappa shape index (κ2) is 8.89. The Balaban J connectivity index is 1.90. The summed E-state index contributed by atoms with van der Waals surface area (Å²) >= 11 is 6.02. The summed E-state index contributed by atoms with van der Waals surface area (Å²) in [5.41, 5.74) is 1.43. The Bertz CT molecular complexity index is 775. The van der Waals surface area contributed by atoms with Crippen molar-refractivity contribution in [3.63, 3.8) is 0 Å². The first-order chi connectivity index (χ1) is 12.0. The predicted molar refractivity (Wildman–Crippen MR) is 99.7 cm³/mol. The molecule has 0 saturated heterocycles. The highest BCUT2D eigenvalue weighted by Crippen LogP contribution is 2.27. The zero-order valence-electron chi connectivity index (χ0n) is 14.0. The van der Waals surface area contributed by atoms with Crippen LogP contribution in [0.1, 0.15) is 12.5 Å². The van der Waals surface area contributed by atoms with Gasteiger partial charge in [0.1, 0.15) is 11.8 Å². The maximum Gasteiger partial charge on any atom is 0.246 e. The number of rotatable bonds is 6. The van der Waals surface area contributed by atoms with E-state index in [-0.39, 0.29) is 11.8 Å². The van der Waals surface area contributed by atoms with Crippen molar-refractivity contribution in [3.8, 4) is 5.75 Å². The first-order valence-electron chi connectivity index (χ1n) is 7.67. The molecule has 0 bridgehead atoms. The number of anilines is 1. The van der Waals surface area contributed by atoms with E-state index in [1.54, 1.807) is 31.2 Å². The van der Waals surface area contributed by atoms with E-state index in [2.05, 4.69) is 10.6 Å². The summed E-state index contributed by atoms with van der Waals surface area (Å²) in [6.45, 7) is 1.61. The van der Waals surface area contributed by atoms with Crippen LogP contribution in [0.2, 0.25) is 5.02 Å². The first kappa shape index (κ1) is 18.5. The highest BCUT2D eigenvalue weighted by atomic mass is 35.5. The van der Waals surface area contributed by atoms with Crippen LogP contribution in [-0.2, 0) is 9.59 Å². The second-order valence-corrected chi connectivity index (χ2v) is 5.72. The van der Waals surface area contributed by atoms with E-state index in [0.717, 1.165) is 5.56 Å². The highest BCUT2D eigenvalue weighted by molar-refractivity contribution is 6.32. The lowest BCUT2D eigenvalue weighted by atomic mass is 10.2. The number of hydrogen-bond donors (Lipinski definition) is 2. The largest absolute Gasteiger partial charge is 0.495 e. The normalized spacial score (nSPS) is 11.8. The van der Waals surface area contributed by atoms with E-state index in [0.29, 0.717) is 16.5 Å². The second-order valence-electron chi connectivity index (χ2n) is 5.31. The third kappa shape index (κ3) is 5.65. The van der Waals surface area contributed by atoms with Crippen LogP contribution < -0.4 is 15.4 Å². The van der Waals surface area contributed by atoms with Crippen molar-refractivity contribution in [3.05, 3.63) is 65.2 Å². The molecule has 2 N–H and O–H groups in total. The van der Waals surface area contributed by atoms with E-state index in [1.165, 1.54) is 13.2 Å². The standard InChI is InChI=1S/C19H19ClN2O3/c1-13(21-18(23)11-8-14-6-4-3-5-7-14)19(24)22-15-9-10-17(25-2)16(20)12-15/h3-13H,1-2H3,(H,21,23)(H,22,24)/b11-8+/t13-/m0/s1. The molecule has 2 amide bonds. The van der Waals surface area contributed by atoms with Crippen LogP contribution in [0.5, 0.6) is 5.75 Å². The van der Waals surface area contributed by atoms with Crippen molar-refractivity contribution in [2.45, 2.75) is 13.0 Å². The van der Waals surface area contributed by atoms with E-state index in [4.69, 9.17) is 16.3 Å². The Labute approximate surface area is 151 Å². The summed E-state index contributed by atoms with van der Waals surface area (Å²) in [5, 5.41) is 5.70. The first-order valence-corrected chi connectivity index (χ1v) is 8.05. The molecule has 5 nitrogen and oxygen atoms in total. The number of benzene rings is 2. The Morgan fingerprint density at radius 1 is 1.16 bits per heavy atom. The molecule has 1 atom stereocenters. The Hall–Kier alpha value is -2.79. The van der Waals surface area contributed by atoms with Gasteiger partial charge in [-0.3, -0.25) is 9.59 Å². The summed E-state index contributed by atoms with van der Waals surface area (Å²) in [6, 6.07) is 13.6. The number of amides is 2. The van der Waals surface area contributed by atoms with Gasteiger partial charge >= 0.3 is 0 Å². The summed E-state index contributed by atoms with van der Waals surface area (Å²) in [5.74, 6) is -0.172. The molecule has 6 heteroatoms. The zero-order valence-corrected chi connectivity index (χ0v) is 14.7. The van der Waals surface area contributed by atoms with Gasteiger partial charge in [-0.15, -0.1) is 0 Å². The van der Waals surface area contributed by atoms with Gasteiger partial charge in [-0.2, -0.15) is 0 Å². The summed E-state index contributed by atoms with van der Waals surface area (Å²) in [6.07, 6.45) is 3.08. The lowest BCUT2D eigenvalue weighted by Crippen LogP contribution is -2.40. The molecule has 0 aliphatic rings. The van der Waals surface area contributed by atoms with Crippen LogP contribution in [0.4, 0.5) is 5.69 Å². The number of halogens is 1. The molecule has 0 radical (unpaired) electrons. The highest BCUT2D eigenvalue weighted by Gasteiger charge is 2.15. The van der Waals surface area contributed by atoms with E-state index < -0.39 is 6.04 Å². The SMILES string of the molecule is COc1ccc(NC(=O)[C@H](C)NC(=O)/C=C/c2ccccc2)cc1Cl. The van der Waals surface area contributed by atoms with Crippen molar-refractivity contribution in [2.24, 2.45) is 0 Å². The molecule has 2 rings (SSSR count). The monoisotopic (exact) mass is 358 g/mol. The molecule has 25 heavy (non-hydrogen) atoms. The third-order valence-electron chi connectivity index (χ3n) is 3.40. The van der Waals surface area contributed by atoms with Crippen LogP contribution in [0.15, 0.2) is 54.6 Å². The molecule has 0 saturated carbocycles. The minimum Gasteiger partial charge on any atom is -0.495 e. The van der Waals surface area contributed by atoms with Gasteiger partial charge in [-0.25, -0.2) is 0 Å². The fraction of sp³-hybridized carbons (Fsp3) is 0.158. The molecule has 2 aromatic rings. The van der Waals surface area contributed by atoms with Gasteiger partial charge in [0.2, 0.25) is 11.8 Å². The molecular formula is C19H19ClN2O3. The number of methoxy groups -OCH3 is 1. The molecule has 0 aliphatic carbocycles. The topological polar surface area (TPSA) is 67.4 Å². The minimum absolute atomic E-state index is 0.345. The quantitative estimate of drug-likeness (QED) is 0.776. The number of hydrogen-bond acceptors (Lipinski definition) is 3. The van der Waals surface area contributed by atoms with Crippen LogP contribution in [0.25, 0.3) is 6.08 Å². The van der Waals surface area contributed by atoms with E-state index >= 15 is 0 Å². The smallest absolute Gasteiger partial charge is 0.246 e. The maximum atomic E-state index is 12.2. The summed E-state index contributed by atoms with van der Waals surface area (Å²) in [4.78, 5) is 24.1. The molecule has 0 unspecified atom stereocenters. The average molecular weight is 359 g/mol. The lowest BCUT2D eigenvalue weighted by molar-refractivity contribution is -0.123. The summed E-state index contributed by atoms with van der Waals surface area (Å²) < 4.78 is 5.06. The molecular weight excluding hydrogens is 340 g/mol. The van der Waals surface area contributed by atoms with Crippen molar-refractivity contribution in [2.75, 3.05) is 12.4 Å². The van der Waals surface area contributed by atoms with Gasteiger partial charge in [0.05, 0.1) is 12.1 Å². The Kier molecular flexibility index (Phi) is 6.60. The molecule has 0 heterocycles. The Morgan fingerprint density at radius 2 is 1.88 bits per heavy atom. The lowest BCUT2D eigenvalue weighted by Gasteiger charge is -2.13. The average Bonchev–Trinajstić information content (AvgIpc) is 2.61. The number of ether oxygens (including phenoxy) is 1. The van der Waals surface area contributed by atoms with Crippen molar-refractivity contribution in [1.29, 1.82) is 0 Å². The van der Waals surface area contributed by atoms with Gasteiger partial charge in [0.25, 0.3) is 0 Å². The third-order valence-corrected chi connectivity index (χ3v) is 3.69. The fourth-order valence-corrected chi connectivity index (χ4v) is 2.32. The number of carbonyl (C=O) groups is 2. The maximum absolute atomic E-state index is 12.2. The number of carbonyl (C=O) groups excluding carboxylic acids is 2. The zero-order chi connectivity index (χ0) is 18.2. The summed E-state index contributed by atoms with van der Waals surface area (Å²) in [7, 11) is 1.51. The molecule has 0 aliphatic heterocycles. The van der Waals surface area contributed by atoms with Crippen molar-refractivity contribution in [1.82, 2.24) is 5.32 Å². The van der Waals surface area contributed by atoms with Gasteiger partial charge in [0, 0.05) is 11.8 Å². The van der Waals surface area contributed by atoms with Gasteiger partial charge in [-0.05, 0) is 36.8 Å². The van der Waals surface area contributed by atoms with E-state index in [1.807, 2.05) is 30.3 Å². The van der Waals surface area contributed by atoms with Gasteiger partial charge < -0.3 is 15.4 Å². The molecule has 0 aromatic heterocycles.